The van der Waals surface area contributed by atoms with Gasteiger partial charge in [-0.15, -0.1) is 11.6 Å². The highest BCUT2D eigenvalue weighted by molar-refractivity contribution is 6.20. The third kappa shape index (κ3) is 5.19. The van der Waals surface area contributed by atoms with Crippen molar-refractivity contribution in [2.75, 3.05) is 13.6 Å². The third-order valence-corrected chi connectivity index (χ3v) is 2.66. The Bertz CT molecular complexity index is 296. The van der Waals surface area contributed by atoms with Crippen molar-refractivity contribution in [2.24, 2.45) is 0 Å². The topological polar surface area (TPSA) is 3.24 Å². The Morgan fingerprint density at radius 2 is 2.13 bits per heavy atom. The van der Waals surface area contributed by atoms with Gasteiger partial charge in [-0.2, -0.15) is 0 Å². The Morgan fingerprint density at radius 1 is 1.40 bits per heavy atom. The van der Waals surface area contributed by atoms with E-state index >= 15 is 0 Å². The molecule has 0 saturated carbocycles. The molecule has 0 radical (unpaired) electrons. The second-order valence-electron chi connectivity index (χ2n) is 4.30. The number of benzene rings is 1. The maximum Gasteiger partial charge on any atom is 0.0320 e. The Morgan fingerprint density at radius 3 is 2.73 bits per heavy atom. The number of alkyl halides is 1. The van der Waals surface area contributed by atoms with E-state index in [0.29, 0.717) is 0 Å². The van der Waals surface area contributed by atoms with Crippen molar-refractivity contribution in [3.8, 4) is 0 Å². The summed E-state index contributed by atoms with van der Waals surface area (Å²) in [6.45, 7) is 6.23. The van der Waals surface area contributed by atoms with Gasteiger partial charge in [0.1, 0.15) is 0 Å². The number of nitrogens with zero attached hydrogens (tertiary/aromatic N) is 1. The lowest BCUT2D eigenvalue weighted by Gasteiger charge is -2.17. The standard InChI is InChI=1S/C13H20ClN/c1-11-5-4-6-13(9-11)10-15(3)8-7-12(2)14/h4-6,9,12H,7-8,10H2,1-3H3. The number of halogens is 1. The molecule has 0 heterocycles. The van der Waals surface area contributed by atoms with E-state index in [9.17, 15) is 0 Å². The van der Waals surface area contributed by atoms with E-state index in [4.69, 9.17) is 11.6 Å². The molecule has 0 aliphatic rings. The second kappa shape index (κ2) is 6.14. The molecule has 0 saturated heterocycles. The van der Waals surface area contributed by atoms with Crippen molar-refractivity contribution in [3.63, 3.8) is 0 Å². The zero-order valence-electron chi connectivity index (χ0n) is 9.83. The van der Waals surface area contributed by atoms with Crippen molar-refractivity contribution < 1.29 is 0 Å². The normalized spacial score (nSPS) is 13.1. The highest BCUT2D eigenvalue weighted by Crippen LogP contribution is 2.08. The van der Waals surface area contributed by atoms with Crippen LogP contribution in [0.15, 0.2) is 24.3 Å². The predicted molar refractivity (Wildman–Crippen MR) is 67.4 cm³/mol. The van der Waals surface area contributed by atoms with Gasteiger partial charge in [0.25, 0.3) is 0 Å². The van der Waals surface area contributed by atoms with Crippen LogP contribution in [-0.4, -0.2) is 23.9 Å². The van der Waals surface area contributed by atoms with E-state index in [-0.39, 0.29) is 5.38 Å². The van der Waals surface area contributed by atoms with Crippen LogP contribution in [0.25, 0.3) is 0 Å². The molecule has 0 aromatic heterocycles. The molecule has 1 unspecified atom stereocenters. The van der Waals surface area contributed by atoms with Gasteiger partial charge in [-0.3, -0.25) is 0 Å². The third-order valence-electron chi connectivity index (χ3n) is 2.44. The fourth-order valence-electron chi connectivity index (χ4n) is 1.60. The maximum absolute atomic E-state index is 5.92. The molecule has 1 aromatic rings. The van der Waals surface area contributed by atoms with Gasteiger partial charge in [-0.25, -0.2) is 0 Å². The molecular formula is C13H20ClN. The second-order valence-corrected chi connectivity index (χ2v) is 5.04. The molecule has 0 aliphatic heterocycles. The molecule has 1 nitrogen and oxygen atoms in total. The van der Waals surface area contributed by atoms with Gasteiger partial charge in [0.05, 0.1) is 0 Å². The number of aryl methyl sites for hydroxylation is 1. The van der Waals surface area contributed by atoms with E-state index in [0.717, 1.165) is 19.5 Å². The summed E-state index contributed by atoms with van der Waals surface area (Å²) in [7, 11) is 2.14. The molecule has 0 bridgehead atoms. The SMILES string of the molecule is Cc1cccc(CN(C)CCC(C)Cl)c1. The molecular weight excluding hydrogens is 206 g/mol. The molecule has 0 fully saturated rings. The monoisotopic (exact) mass is 225 g/mol. The Hall–Kier alpha value is -0.530. The maximum atomic E-state index is 5.92. The van der Waals surface area contributed by atoms with Gasteiger partial charge >= 0.3 is 0 Å². The van der Waals surface area contributed by atoms with E-state index in [1.165, 1.54) is 11.1 Å². The van der Waals surface area contributed by atoms with Crippen LogP contribution in [-0.2, 0) is 6.54 Å². The molecule has 1 aromatic carbocycles. The lowest BCUT2D eigenvalue weighted by Crippen LogP contribution is -2.20. The van der Waals surface area contributed by atoms with Crippen LogP contribution in [0.3, 0.4) is 0 Å². The van der Waals surface area contributed by atoms with Gasteiger partial charge in [0.15, 0.2) is 0 Å². The Labute approximate surface area is 98.0 Å². The Balaban J connectivity index is 2.40. The fraction of sp³-hybridized carbons (Fsp3) is 0.538. The first-order valence-electron chi connectivity index (χ1n) is 5.46. The molecule has 0 aliphatic carbocycles. The molecule has 84 valence electrons. The van der Waals surface area contributed by atoms with Gasteiger partial charge in [0, 0.05) is 11.9 Å². The lowest BCUT2D eigenvalue weighted by molar-refractivity contribution is 0.321. The predicted octanol–water partition coefficient (Wildman–Crippen LogP) is 3.44. The van der Waals surface area contributed by atoms with Crippen LogP contribution in [0.5, 0.6) is 0 Å². The number of hydrogen-bond donors (Lipinski definition) is 0. The van der Waals surface area contributed by atoms with Crippen LogP contribution in [0.1, 0.15) is 24.5 Å². The minimum atomic E-state index is 0.268. The van der Waals surface area contributed by atoms with Gasteiger partial charge < -0.3 is 4.90 Å². The largest absolute Gasteiger partial charge is 0.302 e. The summed E-state index contributed by atoms with van der Waals surface area (Å²) in [6, 6.07) is 8.65. The lowest BCUT2D eigenvalue weighted by atomic mass is 10.1. The molecule has 0 N–H and O–H groups in total. The highest BCUT2D eigenvalue weighted by Gasteiger charge is 2.02. The summed E-state index contributed by atoms with van der Waals surface area (Å²) in [5.74, 6) is 0. The average Bonchev–Trinajstić information content (AvgIpc) is 2.15. The van der Waals surface area contributed by atoms with Crippen molar-refractivity contribution in [1.29, 1.82) is 0 Å². The van der Waals surface area contributed by atoms with Gasteiger partial charge in [0.2, 0.25) is 0 Å². The van der Waals surface area contributed by atoms with Crippen LogP contribution in [0.4, 0.5) is 0 Å². The Kier molecular flexibility index (Phi) is 5.13. The number of rotatable bonds is 5. The molecule has 0 spiro atoms. The first-order chi connectivity index (χ1) is 7.08. The summed E-state index contributed by atoms with van der Waals surface area (Å²) >= 11 is 5.92. The van der Waals surface area contributed by atoms with Crippen molar-refractivity contribution in [2.45, 2.75) is 32.2 Å². The summed E-state index contributed by atoms with van der Waals surface area (Å²) in [5, 5.41) is 0.268. The van der Waals surface area contributed by atoms with E-state index in [1.54, 1.807) is 0 Å². The summed E-state index contributed by atoms with van der Waals surface area (Å²) < 4.78 is 0. The zero-order valence-corrected chi connectivity index (χ0v) is 10.6. The smallest absolute Gasteiger partial charge is 0.0320 e. The van der Waals surface area contributed by atoms with Crippen LogP contribution >= 0.6 is 11.6 Å². The van der Waals surface area contributed by atoms with Crippen molar-refractivity contribution >= 4 is 11.6 Å². The van der Waals surface area contributed by atoms with Gasteiger partial charge in [-0.1, -0.05) is 29.8 Å². The quantitative estimate of drug-likeness (QED) is 0.694. The van der Waals surface area contributed by atoms with Gasteiger partial charge in [-0.05, 0) is 39.4 Å². The van der Waals surface area contributed by atoms with Crippen LogP contribution < -0.4 is 0 Å². The highest BCUT2D eigenvalue weighted by atomic mass is 35.5. The molecule has 15 heavy (non-hydrogen) atoms. The summed E-state index contributed by atoms with van der Waals surface area (Å²) in [4.78, 5) is 2.31. The molecule has 2 heteroatoms. The minimum Gasteiger partial charge on any atom is -0.302 e. The van der Waals surface area contributed by atoms with E-state index in [2.05, 4.69) is 43.1 Å². The number of hydrogen-bond acceptors (Lipinski definition) is 1. The first-order valence-corrected chi connectivity index (χ1v) is 5.89. The average molecular weight is 226 g/mol. The van der Waals surface area contributed by atoms with Crippen molar-refractivity contribution in [1.82, 2.24) is 4.90 Å². The molecule has 1 rings (SSSR count). The van der Waals surface area contributed by atoms with E-state index < -0.39 is 0 Å². The van der Waals surface area contributed by atoms with Crippen LogP contribution in [0.2, 0.25) is 0 Å². The first kappa shape index (κ1) is 12.5. The zero-order chi connectivity index (χ0) is 11.3. The minimum absolute atomic E-state index is 0.268. The summed E-state index contributed by atoms with van der Waals surface area (Å²) in [5.41, 5.74) is 2.70. The van der Waals surface area contributed by atoms with E-state index in [1.807, 2.05) is 6.92 Å². The van der Waals surface area contributed by atoms with Crippen LogP contribution in [0, 0.1) is 6.92 Å². The molecule has 0 amide bonds. The van der Waals surface area contributed by atoms with Crippen molar-refractivity contribution in [3.05, 3.63) is 35.4 Å². The molecule has 1 atom stereocenters. The fourth-order valence-corrected chi connectivity index (χ4v) is 1.70. The summed E-state index contributed by atoms with van der Waals surface area (Å²) in [6.07, 6.45) is 1.05.